The number of benzene rings is 2. The second-order valence-corrected chi connectivity index (χ2v) is 10.3. The van der Waals surface area contributed by atoms with Gasteiger partial charge in [0, 0.05) is 18.5 Å². The van der Waals surface area contributed by atoms with Gasteiger partial charge in [-0.05, 0) is 65.9 Å². The fourth-order valence-corrected chi connectivity index (χ4v) is 5.88. The Hall–Kier alpha value is -3.06. The normalized spacial score (nSPS) is 23.1. The van der Waals surface area contributed by atoms with Gasteiger partial charge in [0.15, 0.2) is 0 Å². The Morgan fingerprint density at radius 3 is 2.56 bits per heavy atom. The number of hydrogen-bond acceptors (Lipinski definition) is 5. The van der Waals surface area contributed by atoms with Gasteiger partial charge >= 0.3 is 5.97 Å². The highest BCUT2D eigenvalue weighted by Crippen LogP contribution is 2.47. The van der Waals surface area contributed by atoms with Crippen molar-refractivity contribution in [1.82, 2.24) is 4.90 Å². The van der Waals surface area contributed by atoms with Gasteiger partial charge in [-0.1, -0.05) is 62.7 Å². The Balaban J connectivity index is 1.54. The van der Waals surface area contributed by atoms with Crippen LogP contribution in [0.15, 0.2) is 89.2 Å². The van der Waals surface area contributed by atoms with Crippen molar-refractivity contribution in [3.63, 3.8) is 0 Å². The number of aliphatic hydroxyl groups is 2. The Labute approximate surface area is 211 Å². The monoisotopic (exact) mass is 489 g/mol. The highest BCUT2D eigenvalue weighted by molar-refractivity contribution is 5.82. The van der Waals surface area contributed by atoms with Gasteiger partial charge in [-0.15, -0.1) is 0 Å². The maximum absolute atomic E-state index is 13.6. The van der Waals surface area contributed by atoms with Crippen molar-refractivity contribution in [1.29, 1.82) is 0 Å². The molecule has 2 aromatic rings. The molecule has 0 bridgehead atoms. The summed E-state index contributed by atoms with van der Waals surface area (Å²) >= 11 is 0. The Morgan fingerprint density at radius 1 is 1.14 bits per heavy atom. The van der Waals surface area contributed by atoms with E-state index in [1.807, 2.05) is 32.0 Å². The predicted molar refractivity (Wildman–Crippen MR) is 135 cm³/mol. The average molecular weight is 490 g/mol. The molecule has 1 fully saturated rings. The lowest BCUT2D eigenvalue weighted by atomic mass is 9.69. The van der Waals surface area contributed by atoms with E-state index in [9.17, 15) is 19.4 Å². The molecule has 0 saturated carbocycles. The van der Waals surface area contributed by atoms with Crippen LogP contribution in [0.3, 0.4) is 0 Å². The molecular formula is C30H32FNO4. The van der Waals surface area contributed by atoms with Gasteiger partial charge in [0.05, 0.1) is 11.5 Å². The van der Waals surface area contributed by atoms with Crippen molar-refractivity contribution in [2.24, 2.45) is 5.92 Å². The summed E-state index contributed by atoms with van der Waals surface area (Å²) in [5.74, 6) is -3.27. The van der Waals surface area contributed by atoms with Crippen LogP contribution in [0.25, 0.3) is 0 Å². The van der Waals surface area contributed by atoms with Crippen molar-refractivity contribution in [2.75, 3.05) is 13.1 Å². The zero-order chi connectivity index (χ0) is 25.5. The van der Waals surface area contributed by atoms with Crippen molar-refractivity contribution < 1.29 is 24.1 Å². The second kappa shape index (κ2) is 9.43. The number of esters is 1. The fourth-order valence-electron chi connectivity index (χ4n) is 5.88. The van der Waals surface area contributed by atoms with Gasteiger partial charge in [-0.3, -0.25) is 9.69 Å². The molecule has 0 spiro atoms. The number of nitrogens with zero attached hydrogens (tertiary/aromatic N) is 1. The average Bonchev–Trinajstić information content (AvgIpc) is 2.84. The summed E-state index contributed by atoms with van der Waals surface area (Å²) in [7, 11) is 0. The largest absolute Gasteiger partial charge is 0.426 e. The number of carbonyl (C=O) groups excluding carboxylic acids is 1. The molecule has 2 aliphatic heterocycles. The van der Waals surface area contributed by atoms with E-state index in [0.717, 1.165) is 17.5 Å². The first-order valence-electron chi connectivity index (χ1n) is 12.6. The van der Waals surface area contributed by atoms with E-state index < -0.39 is 17.1 Å². The SMILES string of the molecule is CCCC(C)(C1=CC(O)(O)C2=C3CN(Cc4ccccc4)CCC3C(=O)OC2=C1)c1ccc(F)cc1. The number of fused-ring (bicyclic) bond motifs is 2. The van der Waals surface area contributed by atoms with Crippen LogP contribution in [0.5, 0.6) is 0 Å². The fraction of sp³-hybridized carbons (Fsp3) is 0.367. The van der Waals surface area contributed by atoms with Crippen LogP contribution in [0.1, 0.15) is 44.2 Å². The topological polar surface area (TPSA) is 70.0 Å². The number of hydrogen-bond donors (Lipinski definition) is 2. The van der Waals surface area contributed by atoms with Gasteiger partial charge in [0.25, 0.3) is 0 Å². The summed E-state index contributed by atoms with van der Waals surface area (Å²) in [6, 6.07) is 16.4. The van der Waals surface area contributed by atoms with Crippen LogP contribution in [-0.2, 0) is 21.5 Å². The summed E-state index contributed by atoms with van der Waals surface area (Å²) in [6.45, 7) is 5.93. The van der Waals surface area contributed by atoms with Gasteiger partial charge in [-0.25, -0.2) is 4.39 Å². The molecule has 5 rings (SSSR count). The summed E-state index contributed by atoms with van der Waals surface area (Å²) in [4.78, 5) is 15.2. The maximum atomic E-state index is 13.6. The van der Waals surface area contributed by atoms with E-state index in [1.165, 1.54) is 18.2 Å². The van der Waals surface area contributed by atoms with E-state index >= 15 is 0 Å². The minimum Gasteiger partial charge on any atom is -0.426 e. The molecule has 2 unspecified atom stereocenters. The van der Waals surface area contributed by atoms with Crippen LogP contribution >= 0.6 is 0 Å². The Morgan fingerprint density at radius 2 is 1.86 bits per heavy atom. The Kier molecular flexibility index (Phi) is 6.45. The highest BCUT2D eigenvalue weighted by Gasteiger charge is 2.48. The van der Waals surface area contributed by atoms with E-state index in [-0.39, 0.29) is 23.1 Å². The summed E-state index contributed by atoms with van der Waals surface area (Å²) in [5.41, 5.74) is 2.99. The molecule has 0 radical (unpaired) electrons. The van der Waals surface area contributed by atoms with E-state index in [0.29, 0.717) is 43.6 Å². The highest BCUT2D eigenvalue weighted by atomic mass is 19.1. The van der Waals surface area contributed by atoms with E-state index in [4.69, 9.17) is 4.74 Å². The molecule has 0 aromatic heterocycles. The molecule has 1 saturated heterocycles. The zero-order valence-electron chi connectivity index (χ0n) is 20.7. The minimum atomic E-state index is -2.29. The van der Waals surface area contributed by atoms with Crippen LogP contribution in [0, 0.1) is 11.7 Å². The van der Waals surface area contributed by atoms with Crippen LogP contribution < -0.4 is 0 Å². The number of allylic oxidation sites excluding steroid dienone is 2. The van der Waals surface area contributed by atoms with E-state index in [2.05, 4.69) is 17.0 Å². The number of carbonyl (C=O) groups is 1. The van der Waals surface area contributed by atoms with Crippen molar-refractivity contribution in [3.8, 4) is 0 Å². The molecule has 36 heavy (non-hydrogen) atoms. The number of rotatable bonds is 6. The molecule has 1 aliphatic carbocycles. The smallest absolute Gasteiger partial charge is 0.318 e. The standard InChI is InChI=1S/C30H32FNO4/c1-3-14-29(2,21-9-11-23(31)12-10-21)22-16-26-27(30(34,35)17-22)25-19-32(15-13-24(25)28(33)36-26)18-20-7-5-4-6-8-20/h4-12,16-17,24,34-35H,3,13-15,18-19H2,1-2H3. The number of piperidine rings is 1. The molecule has 2 heterocycles. The summed E-state index contributed by atoms with van der Waals surface area (Å²) in [5, 5.41) is 22.7. The second-order valence-electron chi connectivity index (χ2n) is 10.3. The lowest BCUT2D eigenvalue weighted by Gasteiger charge is -2.43. The number of likely N-dealkylation sites (tertiary alicyclic amines) is 1. The van der Waals surface area contributed by atoms with Gasteiger partial charge in [0.1, 0.15) is 11.6 Å². The molecule has 0 amide bonds. The van der Waals surface area contributed by atoms with E-state index in [1.54, 1.807) is 18.2 Å². The third kappa shape index (κ3) is 4.45. The molecule has 3 aliphatic rings. The number of halogens is 1. The van der Waals surface area contributed by atoms with Crippen molar-refractivity contribution in [2.45, 2.75) is 50.9 Å². The summed E-state index contributed by atoms with van der Waals surface area (Å²) < 4.78 is 19.4. The van der Waals surface area contributed by atoms with Gasteiger partial charge in [0.2, 0.25) is 5.79 Å². The van der Waals surface area contributed by atoms with Crippen molar-refractivity contribution in [3.05, 3.63) is 106 Å². The predicted octanol–water partition coefficient (Wildman–Crippen LogP) is 4.76. The molecule has 2 aromatic carbocycles. The molecule has 188 valence electrons. The van der Waals surface area contributed by atoms with Crippen molar-refractivity contribution >= 4 is 5.97 Å². The van der Waals surface area contributed by atoms with Crippen LogP contribution in [0.4, 0.5) is 4.39 Å². The maximum Gasteiger partial charge on any atom is 0.318 e. The Bertz CT molecular complexity index is 1250. The molecule has 2 atom stereocenters. The quantitative estimate of drug-likeness (QED) is 0.452. The lowest BCUT2D eigenvalue weighted by Crippen LogP contribution is -2.46. The first kappa shape index (κ1) is 24.6. The zero-order valence-corrected chi connectivity index (χ0v) is 20.7. The van der Waals surface area contributed by atoms with Crippen LogP contribution in [0.2, 0.25) is 0 Å². The first-order chi connectivity index (χ1) is 17.2. The molecule has 2 N–H and O–H groups in total. The lowest BCUT2D eigenvalue weighted by molar-refractivity contribution is -0.147. The minimum absolute atomic E-state index is 0.194. The molecule has 6 heteroatoms. The van der Waals surface area contributed by atoms with Gasteiger partial charge < -0.3 is 14.9 Å². The summed E-state index contributed by atoms with van der Waals surface area (Å²) in [6.07, 6.45) is 5.30. The van der Waals surface area contributed by atoms with Gasteiger partial charge in [-0.2, -0.15) is 0 Å². The number of ether oxygens (including phenoxy) is 1. The van der Waals surface area contributed by atoms with Crippen LogP contribution in [-0.4, -0.2) is 40.0 Å². The molecular weight excluding hydrogens is 457 g/mol. The third-order valence-electron chi connectivity index (χ3n) is 7.74. The first-order valence-corrected chi connectivity index (χ1v) is 12.6. The molecule has 5 nitrogen and oxygen atoms in total. The third-order valence-corrected chi connectivity index (χ3v) is 7.74.